The Bertz CT molecular complexity index is 871. The van der Waals surface area contributed by atoms with Crippen LogP contribution in [0.3, 0.4) is 0 Å². The van der Waals surface area contributed by atoms with E-state index in [-0.39, 0.29) is 48.7 Å². The van der Waals surface area contributed by atoms with Crippen molar-refractivity contribution in [2.45, 2.75) is 37.5 Å². The lowest BCUT2D eigenvalue weighted by atomic mass is 9.94. The molecule has 154 valence electrons. The van der Waals surface area contributed by atoms with Gasteiger partial charge < -0.3 is 19.1 Å². The molecule has 0 bridgehead atoms. The molecule has 1 N–H and O–H groups in total. The zero-order valence-corrected chi connectivity index (χ0v) is 16.8. The zero-order valence-electron chi connectivity index (χ0n) is 16.0. The second-order valence-electron chi connectivity index (χ2n) is 7.03. The van der Waals surface area contributed by atoms with Crippen LogP contribution in [0.25, 0.3) is 0 Å². The number of likely N-dealkylation sites (N-methyl/N-ethyl adjacent to an activating group) is 1. The van der Waals surface area contributed by atoms with Crippen LogP contribution in [0, 0.1) is 0 Å². The molecule has 1 amide bonds. The number of anilines is 1. The summed E-state index contributed by atoms with van der Waals surface area (Å²) in [4.78, 5) is 26.1. The van der Waals surface area contributed by atoms with Crippen LogP contribution >= 0.6 is 0 Å². The number of carbonyl (C=O) groups is 2. The first-order valence-electron chi connectivity index (χ1n) is 8.92. The minimum atomic E-state index is -3.46. The maximum absolute atomic E-state index is 13.0. The molecule has 10 heteroatoms. The van der Waals surface area contributed by atoms with Crippen molar-refractivity contribution in [2.75, 3.05) is 31.7 Å². The number of benzene rings is 1. The van der Waals surface area contributed by atoms with E-state index in [0.29, 0.717) is 24.3 Å². The summed E-state index contributed by atoms with van der Waals surface area (Å²) in [5.41, 5.74) is 0.577. The molecule has 3 rings (SSSR count). The van der Waals surface area contributed by atoms with Gasteiger partial charge in [-0.2, -0.15) is 0 Å². The number of hydrogen-bond donors (Lipinski definition) is 1. The largest absolute Gasteiger partial charge is 0.490 e. The van der Waals surface area contributed by atoms with Crippen molar-refractivity contribution in [3.05, 3.63) is 23.8 Å². The lowest BCUT2D eigenvalue weighted by molar-refractivity contribution is -0.151. The number of nitrogens with zero attached hydrogens (tertiary/aromatic N) is 1. The molecule has 28 heavy (non-hydrogen) atoms. The number of rotatable bonds is 4. The molecule has 2 aliphatic rings. The van der Waals surface area contributed by atoms with Crippen molar-refractivity contribution in [1.82, 2.24) is 4.90 Å². The van der Waals surface area contributed by atoms with Crippen LogP contribution in [0.15, 0.2) is 18.2 Å². The molecule has 2 heterocycles. The highest BCUT2D eigenvalue weighted by Crippen LogP contribution is 2.32. The van der Waals surface area contributed by atoms with Gasteiger partial charge in [-0.1, -0.05) is 0 Å². The summed E-state index contributed by atoms with van der Waals surface area (Å²) in [6.07, 6.45) is 1.84. The predicted molar refractivity (Wildman–Crippen MR) is 101 cm³/mol. The van der Waals surface area contributed by atoms with Gasteiger partial charge >= 0.3 is 5.97 Å². The van der Waals surface area contributed by atoms with E-state index in [1.165, 1.54) is 19.2 Å². The number of nitrogens with one attached hydrogen (secondary N) is 1. The Kier molecular flexibility index (Phi) is 5.80. The van der Waals surface area contributed by atoms with Gasteiger partial charge in [-0.15, -0.1) is 0 Å². The second-order valence-corrected chi connectivity index (χ2v) is 8.78. The number of hydrogen-bond acceptors (Lipinski definition) is 7. The van der Waals surface area contributed by atoms with E-state index >= 15 is 0 Å². The highest BCUT2D eigenvalue weighted by Gasteiger charge is 2.39. The van der Waals surface area contributed by atoms with Crippen molar-refractivity contribution in [3.63, 3.8) is 0 Å². The summed E-state index contributed by atoms with van der Waals surface area (Å²) < 4.78 is 41.8. The van der Waals surface area contributed by atoms with Crippen LogP contribution in [0.5, 0.6) is 5.75 Å². The average molecular weight is 412 g/mol. The Morgan fingerprint density at radius 3 is 2.79 bits per heavy atom. The zero-order chi connectivity index (χ0) is 20.5. The van der Waals surface area contributed by atoms with Gasteiger partial charge in [0.2, 0.25) is 10.0 Å². The molecule has 1 aromatic rings. The standard InChI is InChI=1S/C18H24N2O7S/c1-20-14-6-5-12(9-17(21)25-2)27-16(14)10-26-15-7-4-11(19-28(3,23)24)8-13(15)18(20)22/h4,7-8,12,14,16,19H,5-6,9-10H2,1-3H3/t12-,14-,16+/m1/s1. The van der Waals surface area contributed by atoms with Gasteiger partial charge in [-0.25, -0.2) is 8.42 Å². The maximum atomic E-state index is 13.0. The first-order chi connectivity index (χ1) is 13.2. The number of sulfonamides is 1. The molecule has 0 aliphatic carbocycles. The smallest absolute Gasteiger partial charge is 0.308 e. The molecule has 0 unspecified atom stereocenters. The van der Waals surface area contributed by atoms with Crippen molar-refractivity contribution in [1.29, 1.82) is 0 Å². The van der Waals surface area contributed by atoms with Crippen LogP contribution in [-0.4, -0.2) is 70.5 Å². The molecule has 9 nitrogen and oxygen atoms in total. The number of carbonyl (C=O) groups excluding carboxylic acids is 2. The molecule has 0 aromatic heterocycles. The van der Waals surface area contributed by atoms with Crippen molar-refractivity contribution in [3.8, 4) is 5.75 Å². The Labute approximate surface area is 164 Å². The number of amides is 1. The molecule has 0 radical (unpaired) electrons. The molecule has 1 aromatic carbocycles. The van der Waals surface area contributed by atoms with E-state index in [0.717, 1.165) is 6.26 Å². The number of esters is 1. The summed E-state index contributed by atoms with van der Waals surface area (Å²) in [5.74, 6) is -0.263. The summed E-state index contributed by atoms with van der Waals surface area (Å²) in [7, 11) is -0.435. The molecular weight excluding hydrogens is 388 g/mol. The molecule has 1 saturated heterocycles. The van der Waals surface area contributed by atoms with E-state index in [1.807, 2.05) is 0 Å². The fourth-order valence-electron chi connectivity index (χ4n) is 3.57. The fraction of sp³-hybridized carbons (Fsp3) is 0.556. The highest BCUT2D eigenvalue weighted by molar-refractivity contribution is 7.92. The molecule has 2 aliphatic heterocycles. The molecule has 3 atom stereocenters. The Hall–Kier alpha value is -2.33. The Morgan fingerprint density at radius 2 is 2.11 bits per heavy atom. The third-order valence-electron chi connectivity index (χ3n) is 4.94. The van der Waals surface area contributed by atoms with Gasteiger partial charge in [0, 0.05) is 12.7 Å². The Balaban J connectivity index is 1.82. The van der Waals surface area contributed by atoms with Gasteiger partial charge in [0.05, 0.1) is 37.5 Å². The van der Waals surface area contributed by atoms with E-state index in [4.69, 9.17) is 14.2 Å². The van der Waals surface area contributed by atoms with E-state index < -0.39 is 10.0 Å². The van der Waals surface area contributed by atoms with Crippen LogP contribution in [0.4, 0.5) is 5.69 Å². The van der Waals surface area contributed by atoms with Crippen LogP contribution in [0.2, 0.25) is 0 Å². The SMILES string of the molecule is COC(=O)C[C@H]1CC[C@@H]2[C@H](COc3ccc(NS(C)(=O)=O)cc3C(=O)N2C)O1. The van der Waals surface area contributed by atoms with Gasteiger partial charge in [0.15, 0.2) is 0 Å². The summed E-state index contributed by atoms with van der Waals surface area (Å²) in [5, 5.41) is 0. The monoisotopic (exact) mass is 412 g/mol. The number of ether oxygens (including phenoxy) is 3. The summed E-state index contributed by atoms with van der Waals surface area (Å²) in [6, 6.07) is 4.36. The number of fused-ring (bicyclic) bond motifs is 2. The molecule has 0 spiro atoms. The van der Waals surface area contributed by atoms with E-state index in [2.05, 4.69) is 4.72 Å². The van der Waals surface area contributed by atoms with Gasteiger partial charge in [-0.3, -0.25) is 14.3 Å². The normalized spacial score (nSPS) is 24.9. The second kappa shape index (κ2) is 7.96. The van der Waals surface area contributed by atoms with Gasteiger partial charge in [0.1, 0.15) is 18.5 Å². The minimum Gasteiger partial charge on any atom is -0.490 e. The third-order valence-corrected chi connectivity index (χ3v) is 5.54. The van der Waals surface area contributed by atoms with Crippen molar-refractivity contribution in [2.24, 2.45) is 0 Å². The Morgan fingerprint density at radius 1 is 1.36 bits per heavy atom. The fourth-order valence-corrected chi connectivity index (χ4v) is 4.13. The quantitative estimate of drug-likeness (QED) is 0.735. The first-order valence-corrected chi connectivity index (χ1v) is 10.8. The molecule has 1 fully saturated rings. The van der Waals surface area contributed by atoms with Crippen LogP contribution in [-0.2, 0) is 24.3 Å². The van der Waals surface area contributed by atoms with Crippen molar-refractivity contribution >= 4 is 27.6 Å². The lowest BCUT2D eigenvalue weighted by Crippen LogP contribution is -2.53. The summed E-state index contributed by atoms with van der Waals surface area (Å²) >= 11 is 0. The van der Waals surface area contributed by atoms with Crippen LogP contribution < -0.4 is 9.46 Å². The lowest BCUT2D eigenvalue weighted by Gasteiger charge is -2.42. The highest BCUT2D eigenvalue weighted by atomic mass is 32.2. The minimum absolute atomic E-state index is 0.161. The van der Waals surface area contributed by atoms with Gasteiger partial charge in [0.25, 0.3) is 5.91 Å². The van der Waals surface area contributed by atoms with E-state index in [1.54, 1.807) is 18.0 Å². The topological polar surface area (TPSA) is 111 Å². The third kappa shape index (κ3) is 4.56. The van der Waals surface area contributed by atoms with Gasteiger partial charge in [-0.05, 0) is 31.0 Å². The molecule has 0 saturated carbocycles. The molecular formula is C18H24N2O7S. The summed E-state index contributed by atoms with van der Waals surface area (Å²) in [6.45, 7) is 0.214. The maximum Gasteiger partial charge on any atom is 0.308 e. The number of methoxy groups -OCH3 is 1. The average Bonchev–Trinajstić information content (AvgIpc) is 2.63. The predicted octanol–water partition coefficient (Wildman–Crippen LogP) is 1.00. The first kappa shape index (κ1) is 20.4. The van der Waals surface area contributed by atoms with Crippen molar-refractivity contribution < 1.29 is 32.2 Å². The van der Waals surface area contributed by atoms with E-state index in [9.17, 15) is 18.0 Å². The van der Waals surface area contributed by atoms with Crippen LogP contribution in [0.1, 0.15) is 29.6 Å².